The molecule has 0 amide bonds. The summed E-state index contributed by atoms with van der Waals surface area (Å²) >= 11 is 0. The number of rotatable bonds is 4. The van der Waals surface area contributed by atoms with Gasteiger partial charge >= 0.3 is 0 Å². The van der Waals surface area contributed by atoms with Crippen LogP contribution in [0.3, 0.4) is 0 Å². The Morgan fingerprint density at radius 3 is 2.38 bits per heavy atom. The van der Waals surface area contributed by atoms with E-state index in [1.54, 1.807) is 0 Å². The van der Waals surface area contributed by atoms with E-state index in [9.17, 15) is 4.79 Å². The Morgan fingerprint density at radius 2 is 1.88 bits per heavy atom. The fourth-order valence-corrected chi connectivity index (χ4v) is 1.22. The Hall–Kier alpha value is -1.32. The molecule has 0 aliphatic carbocycles. The van der Waals surface area contributed by atoms with Crippen LogP contribution in [-0.2, 0) is 0 Å². The molecule has 0 saturated carbocycles. The van der Waals surface area contributed by atoms with E-state index >= 15 is 0 Å². The average Bonchev–Trinajstić information content (AvgIpc) is 2.16. The van der Waals surface area contributed by atoms with E-state index in [0.29, 0.717) is 17.8 Å². The third kappa shape index (κ3) is 3.36. The molecule has 0 bridgehead atoms. The molecule has 1 unspecified atom stereocenters. The van der Waals surface area contributed by atoms with Crippen molar-refractivity contribution >= 4 is 5.82 Å². The van der Waals surface area contributed by atoms with E-state index in [-0.39, 0.29) is 11.5 Å². The summed E-state index contributed by atoms with van der Waals surface area (Å²) in [7, 11) is 0. The summed E-state index contributed by atoms with van der Waals surface area (Å²) in [6.45, 7) is 10.4. The zero-order valence-electron chi connectivity index (χ0n) is 10.7. The molecular weight excluding hydrogens is 202 g/mol. The van der Waals surface area contributed by atoms with Crippen LogP contribution in [0.25, 0.3) is 0 Å². The van der Waals surface area contributed by atoms with Crippen LogP contribution in [0.2, 0.25) is 0 Å². The number of nitrogens with zero attached hydrogens (tertiary/aromatic N) is 1. The van der Waals surface area contributed by atoms with Gasteiger partial charge in [0, 0.05) is 18.0 Å². The van der Waals surface area contributed by atoms with Gasteiger partial charge in [0.2, 0.25) is 0 Å². The molecule has 16 heavy (non-hydrogen) atoms. The molecular formula is C12H21N3O. The third-order valence-electron chi connectivity index (χ3n) is 2.68. The van der Waals surface area contributed by atoms with Crippen LogP contribution in [0.5, 0.6) is 0 Å². The van der Waals surface area contributed by atoms with E-state index < -0.39 is 0 Å². The first kappa shape index (κ1) is 12.7. The number of nitrogens with one attached hydrogen (secondary N) is 2. The Labute approximate surface area is 96.5 Å². The van der Waals surface area contributed by atoms with Gasteiger partial charge in [0.1, 0.15) is 11.6 Å². The van der Waals surface area contributed by atoms with Crippen molar-refractivity contribution in [3.05, 3.63) is 22.2 Å². The van der Waals surface area contributed by atoms with Gasteiger partial charge in [-0.2, -0.15) is 0 Å². The van der Waals surface area contributed by atoms with Crippen molar-refractivity contribution in [1.29, 1.82) is 0 Å². The second-order valence-electron chi connectivity index (χ2n) is 4.85. The lowest BCUT2D eigenvalue weighted by Gasteiger charge is -2.18. The number of H-pyrrole nitrogens is 1. The van der Waals surface area contributed by atoms with Crippen LogP contribution in [0.15, 0.2) is 10.9 Å². The van der Waals surface area contributed by atoms with Crippen molar-refractivity contribution in [3.63, 3.8) is 0 Å². The highest BCUT2D eigenvalue weighted by atomic mass is 16.1. The van der Waals surface area contributed by atoms with Gasteiger partial charge in [-0.15, -0.1) is 0 Å². The van der Waals surface area contributed by atoms with Crippen LogP contribution >= 0.6 is 0 Å². The van der Waals surface area contributed by atoms with Crippen molar-refractivity contribution in [1.82, 2.24) is 9.97 Å². The number of aromatic nitrogens is 2. The van der Waals surface area contributed by atoms with E-state index in [0.717, 1.165) is 5.82 Å². The number of hydrogen-bond acceptors (Lipinski definition) is 3. The topological polar surface area (TPSA) is 57.8 Å². The molecule has 1 heterocycles. The van der Waals surface area contributed by atoms with Crippen LogP contribution < -0.4 is 10.9 Å². The average molecular weight is 223 g/mol. The minimum Gasteiger partial charge on any atom is -0.367 e. The molecule has 1 atom stereocenters. The summed E-state index contributed by atoms with van der Waals surface area (Å²) in [5, 5.41) is 3.25. The van der Waals surface area contributed by atoms with Crippen molar-refractivity contribution in [2.24, 2.45) is 5.92 Å². The maximum absolute atomic E-state index is 11.4. The summed E-state index contributed by atoms with van der Waals surface area (Å²) < 4.78 is 0. The molecule has 4 nitrogen and oxygen atoms in total. The van der Waals surface area contributed by atoms with E-state index in [1.165, 1.54) is 6.07 Å². The second kappa shape index (κ2) is 5.14. The van der Waals surface area contributed by atoms with Crippen LogP contribution in [0.4, 0.5) is 5.82 Å². The van der Waals surface area contributed by atoms with Crippen LogP contribution in [0.1, 0.15) is 46.4 Å². The number of anilines is 1. The van der Waals surface area contributed by atoms with Crippen molar-refractivity contribution in [2.45, 2.75) is 46.6 Å². The minimum atomic E-state index is -0.0999. The van der Waals surface area contributed by atoms with Gasteiger partial charge in [-0.3, -0.25) is 4.79 Å². The molecule has 0 spiro atoms. The standard InChI is InChI=1S/C12H21N3O/c1-7(2)9(5)13-10-6-11(16)15-12(14-10)8(3)4/h6-9H,1-5H3,(H2,13,14,15,16). The lowest BCUT2D eigenvalue weighted by molar-refractivity contribution is 0.557. The molecule has 0 saturated heterocycles. The smallest absolute Gasteiger partial charge is 0.252 e. The van der Waals surface area contributed by atoms with E-state index in [4.69, 9.17) is 0 Å². The van der Waals surface area contributed by atoms with Gasteiger partial charge in [0.15, 0.2) is 0 Å². The Morgan fingerprint density at radius 1 is 1.25 bits per heavy atom. The Kier molecular flexibility index (Phi) is 4.10. The van der Waals surface area contributed by atoms with Gasteiger partial charge in [0.25, 0.3) is 5.56 Å². The fraction of sp³-hybridized carbons (Fsp3) is 0.667. The Balaban J connectivity index is 2.93. The van der Waals surface area contributed by atoms with Gasteiger partial charge in [-0.05, 0) is 12.8 Å². The van der Waals surface area contributed by atoms with Crippen molar-refractivity contribution in [2.75, 3.05) is 5.32 Å². The van der Waals surface area contributed by atoms with Gasteiger partial charge in [-0.25, -0.2) is 4.98 Å². The molecule has 0 aliphatic rings. The highest BCUT2D eigenvalue weighted by molar-refractivity contribution is 5.34. The van der Waals surface area contributed by atoms with Crippen LogP contribution in [-0.4, -0.2) is 16.0 Å². The molecule has 4 heteroatoms. The van der Waals surface area contributed by atoms with Crippen LogP contribution in [0, 0.1) is 5.92 Å². The second-order valence-corrected chi connectivity index (χ2v) is 4.85. The van der Waals surface area contributed by atoms with Gasteiger partial charge < -0.3 is 10.3 Å². The first-order valence-corrected chi connectivity index (χ1v) is 5.78. The highest BCUT2D eigenvalue weighted by Crippen LogP contribution is 2.12. The fourth-order valence-electron chi connectivity index (χ4n) is 1.22. The molecule has 1 aromatic heterocycles. The predicted octanol–water partition coefficient (Wildman–Crippen LogP) is 2.35. The summed E-state index contributed by atoms with van der Waals surface area (Å²) in [5.74, 6) is 2.12. The monoisotopic (exact) mass is 223 g/mol. The van der Waals surface area contributed by atoms with Crippen molar-refractivity contribution < 1.29 is 0 Å². The maximum atomic E-state index is 11.4. The summed E-state index contributed by atoms with van der Waals surface area (Å²) in [4.78, 5) is 18.6. The van der Waals surface area contributed by atoms with Gasteiger partial charge in [0.05, 0.1) is 0 Å². The molecule has 0 fully saturated rings. The highest BCUT2D eigenvalue weighted by Gasteiger charge is 2.09. The quantitative estimate of drug-likeness (QED) is 0.823. The normalized spacial score (nSPS) is 13.2. The lowest BCUT2D eigenvalue weighted by atomic mass is 10.1. The SMILES string of the molecule is CC(C)c1nc(NC(C)C(C)C)cc(=O)[nH]1. The predicted molar refractivity (Wildman–Crippen MR) is 66.9 cm³/mol. The van der Waals surface area contributed by atoms with E-state index in [1.807, 2.05) is 13.8 Å². The zero-order valence-corrected chi connectivity index (χ0v) is 10.7. The molecule has 90 valence electrons. The van der Waals surface area contributed by atoms with Gasteiger partial charge in [-0.1, -0.05) is 27.7 Å². The summed E-state index contributed by atoms with van der Waals surface area (Å²) in [5.41, 5.74) is -0.0999. The molecule has 1 rings (SSSR count). The molecule has 2 N–H and O–H groups in total. The molecule has 1 aromatic rings. The first-order chi connectivity index (χ1) is 7.40. The van der Waals surface area contributed by atoms with Crippen molar-refractivity contribution in [3.8, 4) is 0 Å². The third-order valence-corrected chi connectivity index (χ3v) is 2.68. The summed E-state index contributed by atoms with van der Waals surface area (Å²) in [6, 6.07) is 1.81. The molecule has 0 aromatic carbocycles. The van der Waals surface area contributed by atoms with E-state index in [2.05, 4.69) is 36.1 Å². The number of aromatic amines is 1. The lowest BCUT2D eigenvalue weighted by Crippen LogP contribution is -2.24. The Bertz CT molecular complexity index is 395. The first-order valence-electron chi connectivity index (χ1n) is 5.78. The molecule has 0 radical (unpaired) electrons. The largest absolute Gasteiger partial charge is 0.367 e. The number of hydrogen-bond donors (Lipinski definition) is 2. The molecule has 0 aliphatic heterocycles. The summed E-state index contributed by atoms with van der Waals surface area (Å²) in [6.07, 6.45) is 0. The zero-order chi connectivity index (χ0) is 12.3. The maximum Gasteiger partial charge on any atom is 0.252 e. The minimum absolute atomic E-state index is 0.0999.